The zero-order valence-corrected chi connectivity index (χ0v) is 21.3. The maximum absolute atomic E-state index is 12.2. The van der Waals surface area contributed by atoms with Crippen LogP contribution in [-0.2, 0) is 11.2 Å². The van der Waals surface area contributed by atoms with E-state index in [9.17, 15) is 4.79 Å². The van der Waals surface area contributed by atoms with Gasteiger partial charge in [0.2, 0.25) is 5.91 Å². The Bertz CT molecular complexity index is 1540. The maximum atomic E-state index is 12.2. The molecule has 3 aromatic heterocycles. The summed E-state index contributed by atoms with van der Waals surface area (Å²) < 4.78 is 9.05. The molecule has 2 N–H and O–H groups in total. The van der Waals surface area contributed by atoms with E-state index in [1.807, 2.05) is 91.3 Å². The van der Waals surface area contributed by atoms with Gasteiger partial charge in [-0.15, -0.1) is 11.3 Å². The van der Waals surface area contributed by atoms with Crippen LogP contribution in [0.15, 0.2) is 79.0 Å². The Morgan fingerprint density at radius 2 is 1.83 bits per heavy atom. The monoisotopic (exact) mass is 513 g/mol. The summed E-state index contributed by atoms with van der Waals surface area (Å²) in [7, 11) is 0. The number of anilines is 1. The molecule has 0 aliphatic rings. The molecule has 0 radical (unpaired) electrons. The fraction of sp³-hybridized carbons (Fsp3) is 0.111. The third-order valence-corrected chi connectivity index (χ3v) is 6.70. The van der Waals surface area contributed by atoms with Crippen molar-refractivity contribution in [2.75, 3.05) is 5.32 Å². The second-order valence-corrected chi connectivity index (χ2v) is 9.68. The second-order valence-electron chi connectivity index (χ2n) is 8.24. The number of thiocarbonyl (C=S) groups is 1. The van der Waals surface area contributed by atoms with Gasteiger partial charge in [-0.2, -0.15) is 5.10 Å². The molecule has 0 aliphatic heterocycles. The van der Waals surface area contributed by atoms with Crippen LogP contribution in [0.2, 0.25) is 0 Å². The molecule has 0 aliphatic carbocycles. The van der Waals surface area contributed by atoms with Gasteiger partial charge in [-0.05, 0) is 62.0 Å². The lowest BCUT2D eigenvalue weighted by atomic mass is 10.1. The van der Waals surface area contributed by atoms with E-state index < -0.39 is 0 Å². The van der Waals surface area contributed by atoms with Crippen LogP contribution in [0.1, 0.15) is 17.0 Å². The van der Waals surface area contributed by atoms with E-state index in [1.165, 1.54) is 0 Å². The molecule has 3 heterocycles. The number of thiophene rings is 1. The summed E-state index contributed by atoms with van der Waals surface area (Å²) in [5, 5.41) is 11.6. The summed E-state index contributed by atoms with van der Waals surface area (Å²) in [5.74, 6) is 1.23. The summed E-state index contributed by atoms with van der Waals surface area (Å²) in [6.07, 6.45) is 2.00. The van der Waals surface area contributed by atoms with Gasteiger partial charge in [-0.1, -0.05) is 30.3 Å². The molecule has 0 spiro atoms. The molecule has 180 valence electrons. The van der Waals surface area contributed by atoms with Crippen molar-refractivity contribution in [3.63, 3.8) is 0 Å². The van der Waals surface area contributed by atoms with Crippen LogP contribution in [0.5, 0.6) is 11.5 Å². The number of fused-ring (bicyclic) bond motifs is 1. The highest BCUT2D eigenvalue weighted by atomic mass is 32.1. The number of ether oxygens (including phenoxy) is 1. The Kier molecular flexibility index (Phi) is 6.75. The fourth-order valence-corrected chi connectivity index (χ4v) is 5.10. The number of aromatic nitrogens is 3. The van der Waals surface area contributed by atoms with E-state index in [1.54, 1.807) is 17.5 Å². The van der Waals surface area contributed by atoms with Crippen LogP contribution in [-0.4, -0.2) is 25.8 Å². The van der Waals surface area contributed by atoms with Crippen molar-refractivity contribution in [2.24, 2.45) is 0 Å². The van der Waals surface area contributed by atoms with Crippen molar-refractivity contribution < 1.29 is 9.53 Å². The van der Waals surface area contributed by atoms with Crippen molar-refractivity contribution in [1.29, 1.82) is 0 Å². The number of aryl methyl sites for hydroxylation is 2. The van der Waals surface area contributed by atoms with E-state index in [2.05, 4.69) is 20.7 Å². The Labute approximate surface area is 217 Å². The summed E-state index contributed by atoms with van der Waals surface area (Å²) in [6.45, 7) is 4.01. The highest BCUT2D eigenvalue weighted by molar-refractivity contribution is 7.80. The lowest BCUT2D eigenvalue weighted by molar-refractivity contribution is -0.119. The number of carbonyl (C=O) groups excluding carboxylic acids is 1. The minimum absolute atomic E-state index is 0.170. The molecule has 7 nitrogen and oxygen atoms in total. The molecule has 0 atom stereocenters. The number of pyridine rings is 1. The number of amides is 1. The summed E-state index contributed by atoms with van der Waals surface area (Å²) >= 11 is 6.87. The van der Waals surface area contributed by atoms with Crippen LogP contribution < -0.4 is 15.4 Å². The van der Waals surface area contributed by atoms with Gasteiger partial charge in [0.15, 0.2) is 5.11 Å². The molecule has 1 amide bonds. The third kappa shape index (κ3) is 5.42. The van der Waals surface area contributed by atoms with Gasteiger partial charge in [0.05, 0.1) is 22.3 Å². The lowest BCUT2D eigenvalue weighted by Gasteiger charge is -2.11. The largest absolute Gasteiger partial charge is 0.456 e. The van der Waals surface area contributed by atoms with Crippen molar-refractivity contribution in [1.82, 2.24) is 20.1 Å². The van der Waals surface area contributed by atoms with Crippen LogP contribution in [0.3, 0.4) is 0 Å². The number of nitrogens with one attached hydrogen (secondary N) is 2. The average Bonchev–Trinajstić information content (AvgIpc) is 3.43. The molecular weight excluding hydrogens is 490 g/mol. The maximum Gasteiger partial charge on any atom is 0.230 e. The number of nitrogens with zero attached hydrogens (tertiary/aromatic N) is 3. The Morgan fingerprint density at radius 3 is 2.56 bits per heavy atom. The first-order valence-electron chi connectivity index (χ1n) is 11.3. The van der Waals surface area contributed by atoms with Crippen molar-refractivity contribution in [3.8, 4) is 16.5 Å². The van der Waals surface area contributed by atoms with E-state index in [0.717, 1.165) is 43.6 Å². The molecule has 0 unspecified atom stereocenters. The van der Waals surface area contributed by atoms with Gasteiger partial charge in [0, 0.05) is 29.7 Å². The molecule has 0 bridgehead atoms. The topological polar surface area (TPSA) is 81.1 Å². The molecule has 5 rings (SSSR count). The molecular formula is C27H23N5O2S2. The summed E-state index contributed by atoms with van der Waals surface area (Å²) in [6, 6.07) is 22.8. The Hall–Kier alpha value is -4.08. The summed E-state index contributed by atoms with van der Waals surface area (Å²) in [4.78, 5) is 16.7. The Morgan fingerprint density at radius 1 is 1.06 bits per heavy atom. The third-order valence-electron chi connectivity index (χ3n) is 5.38. The molecule has 0 saturated carbocycles. The van der Waals surface area contributed by atoms with E-state index in [4.69, 9.17) is 17.0 Å². The van der Waals surface area contributed by atoms with E-state index >= 15 is 0 Å². The minimum atomic E-state index is -0.170. The first-order valence-corrected chi connectivity index (χ1v) is 12.5. The molecule has 2 aromatic carbocycles. The first-order chi connectivity index (χ1) is 17.4. The van der Waals surface area contributed by atoms with Crippen molar-refractivity contribution in [3.05, 3.63) is 95.9 Å². The van der Waals surface area contributed by atoms with Crippen LogP contribution in [0.4, 0.5) is 5.69 Å². The smallest absolute Gasteiger partial charge is 0.230 e. The molecule has 36 heavy (non-hydrogen) atoms. The van der Waals surface area contributed by atoms with Crippen LogP contribution in [0.25, 0.3) is 15.2 Å². The van der Waals surface area contributed by atoms with Gasteiger partial charge < -0.3 is 15.4 Å². The van der Waals surface area contributed by atoms with Gasteiger partial charge in [-0.3, -0.25) is 9.78 Å². The van der Waals surface area contributed by atoms with E-state index in [-0.39, 0.29) is 17.4 Å². The number of benzene rings is 2. The highest BCUT2D eigenvalue weighted by Crippen LogP contribution is 2.36. The van der Waals surface area contributed by atoms with Crippen LogP contribution >= 0.6 is 23.6 Å². The number of carbonyl (C=O) groups is 1. The molecule has 0 fully saturated rings. The quantitative estimate of drug-likeness (QED) is 0.273. The van der Waals surface area contributed by atoms with Gasteiger partial charge in [-0.25, -0.2) is 4.68 Å². The SMILES string of the molecule is Cc1cc(C)n(-c2cc3nccc(Oc4ccc(NC(=S)NC(=O)Cc5ccccc5)cc4)c3s2)n1. The predicted molar refractivity (Wildman–Crippen MR) is 147 cm³/mol. The molecule has 5 aromatic rings. The average molecular weight is 514 g/mol. The predicted octanol–water partition coefficient (Wildman–Crippen LogP) is 5.95. The molecule has 0 saturated heterocycles. The zero-order chi connectivity index (χ0) is 25.1. The zero-order valence-electron chi connectivity index (χ0n) is 19.7. The van der Waals surface area contributed by atoms with E-state index in [0.29, 0.717) is 5.75 Å². The Balaban J connectivity index is 1.24. The van der Waals surface area contributed by atoms with Crippen molar-refractivity contribution in [2.45, 2.75) is 20.3 Å². The van der Waals surface area contributed by atoms with Crippen LogP contribution in [0, 0.1) is 13.8 Å². The van der Waals surface area contributed by atoms with Gasteiger partial charge in [0.25, 0.3) is 0 Å². The number of rotatable bonds is 6. The standard InChI is InChI=1S/C27H23N5O2S2/c1-17-14-18(2)32(31-17)25-16-22-26(36-25)23(12-13-28-22)34-21-10-8-20(9-11-21)29-27(35)30-24(33)15-19-6-4-3-5-7-19/h3-14,16H,15H2,1-2H3,(H2,29,30,33,35). The van der Waals surface area contributed by atoms with Gasteiger partial charge >= 0.3 is 0 Å². The first kappa shape index (κ1) is 23.7. The second kappa shape index (κ2) is 10.3. The van der Waals surface area contributed by atoms with Gasteiger partial charge in [0.1, 0.15) is 16.5 Å². The normalized spacial score (nSPS) is 10.8. The number of hydrogen-bond donors (Lipinski definition) is 2. The molecule has 9 heteroatoms. The van der Waals surface area contributed by atoms with Crippen molar-refractivity contribution >= 4 is 50.5 Å². The highest BCUT2D eigenvalue weighted by Gasteiger charge is 2.13. The number of hydrogen-bond acceptors (Lipinski definition) is 6. The lowest BCUT2D eigenvalue weighted by Crippen LogP contribution is -2.35. The minimum Gasteiger partial charge on any atom is -0.456 e. The summed E-state index contributed by atoms with van der Waals surface area (Å²) in [5.41, 5.74) is 4.57. The fourth-order valence-electron chi connectivity index (χ4n) is 3.79.